The van der Waals surface area contributed by atoms with Crippen molar-refractivity contribution in [3.8, 4) is 11.3 Å². The number of imidazole rings is 1. The fourth-order valence-corrected chi connectivity index (χ4v) is 4.89. The molecule has 35 heavy (non-hydrogen) atoms. The van der Waals surface area contributed by atoms with Crippen molar-refractivity contribution in [2.45, 2.75) is 6.42 Å². The van der Waals surface area contributed by atoms with E-state index in [0.29, 0.717) is 6.54 Å². The van der Waals surface area contributed by atoms with Crippen LogP contribution < -0.4 is 10.2 Å². The topological polar surface area (TPSA) is 109 Å². The molecule has 4 aromatic rings. The zero-order valence-corrected chi connectivity index (χ0v) is 19.4. The molecular formula is C23H22FN7O3S. The Morgan fingerprint density at radius 3 is 2.57 bits per heavy atom. The highest BCUT2D eigenvalue weighted by Crippen LogP contribution is 2.28. The van der Waals surface area contributed by atoms with E-state index < -0.39 is 4.92 Å². The minimum atomic E-state index is -0.506. The fraction of sp³-hybridized carbons (Fsp3) is 0.261. The van der Waals surface area contributed by atoms with Crippen LogP contribution in [0.25, 0.3) is 16.2 Å². The minimum absolute atomic E-state index is 0.117. The van der Waals surface area contributed by atoms with E-state index in [1.807, 2.05) is 6.20 Å². The number of benzene rings is 2. The van der Waals surface area contributed by atoms with Crippen LogP contribution in [0.3, 0.4) is 0 Å². The van der Waals surface area contributed by atoms with Crippen LogP contribution in [0.15, 0.2) is 54.7 Å². The van der Waals surface area contributed by atoms with E-state index in [1.165, 1.54) is 35.6 Å². The van der Waals surface area contributed by atoms with Gasteiger partial charge in [0.25, 0.3) is 5.69 Å². The molecular weight excluding hydrogens is 473 g/mol. The number of anilines is 2. The number of nitro benzene ring substituents is 1. The molecule has 1 amide bonds. The standard InChI is InChI=1S/C23H22FN7O3S/c24-17-7-5-16(6-8-17)19-15-30-22(26-19)35-23(27-30)29-13-11-28(12-14-29)10-9-21(32)25-18-3-1-2-4-20(18)31(33)34/h1-8,15H,9-14H2,(H,25,32). The van der Waals surface area contributed by atoms with Crippen LogP contribution >= 0.6 is 11.3 Å². The van der Waals surface area contributed by atoms with Gasteiger partial charge < -0.3 is 10.2 Å². The summed E-state index contributed by atoms with van der Waals surface area (Å²) >= 11 is 1.50. The average molecular weight is 496 g/mol. The van der Waals surface area contributed by atoms with Crippen molar-refractivity contribution in [1.82, 2.24) is 19.5 Å². The highest BCUT2D eigenvalue weighted by Gasteiger charge is 2.22. The number of nitro groups is 1. The third kappa shape index (κ3) is 5.12. The number of para-hydroxylation sites is 2. The van der Waals surface area contributed by atoms with Gasteiger partial charge in [0.15, 0.2) is 0 Å². The first-order valence-electron chi connectivity index (χ1n) is 11.1. The van der Waals surface area contributed by atoms with Gasteiger partial charge in [-0.25, -0.2) is 13.9 Å². The third-order valence-corrected chi connectivity index (χ3v) is 6.83. The maximum atomic E-state index is 13.2. The lowest BCUT2D eigenvalue weighted by Gasteiger charge is -2.34. The van der Waals surface area contributed by atoms with E-state index in [0.717, 1.165) is 47.5 Å². The van der Waals surface area contributed by atoms with Gasteiger partial charge in [0.05, 0.1) is 16.8 Å². The number of aromatic nitrogens is 3. The largest absolute Gasteiger partial charge is 0.344 e. The molecule has 0 spiro atoms. The maximum Gasteiger partial charge on any atom is 0.292 e. The normalized spacial score (nSPS) is 14.4. The highest BCUT2D eigenvalue weighted by atomic mass is 32.1. The van der Waals surface area contributed by atoms with E-state index in [4.69, 9.17) is 0 Å². The summed E-state index contributed by atoms with van der Waals surface area (Å²) in [5, 5.41) is 19.3. The lowest BCUT2D eigenvalue weighted by molar-refractivity contribution is -0.383. The Hall–Kier alpha value is -3.90. The van der Waals surface area contributed by atoms with Gasteiger partial charge in [-0.2, -0.15) is 0 Å². The van der Waals surface area contributed by atoms with Crippen LogP contribution in [-0.2, 0) is 4.79 Å². The van der Waals surface area contributed by atoms with E-state index in [2.05, 4.69) is 25.2 Å². The van der Waals surface area contributed by atoms with Crippen molar-refractivity contribution in [3.63, 3.8) is 0 Å². The summed E-state index contributed by atoms with van der Waals surface area (Å²) in [5.74, 6) is -0.532. The van der Waals surface area contributed by atoms with Gasteiger partial charge in [0.1, 0.15) is 11.5 Å². The Morgan fingerprint density at radius 2 is 1.86 bits per heavy atom. The van der Waals surface area contributed by atoms with Gasteiger partial charge in [0, 0.05) is 50.8 Å². The molecule has 12 heteroatoms. The maximum absolute atomic E-state index is 13.2. The number of hydrogen-bond acceptors (Lipinski definition) is 8. The first kappa shape index (κ1) is 22.9. The van der Waals surface area contributed by atoms with Crippen molar-refractivity contribution in [2.75, 3.05) is 42.9 Å². The molecule has 0 unspecified atom stereocenters. The molecule has 180 valence electrons. The first-order valence-corrected chi connectivity index (χ1v) is 11.9. The summed E-state index contributed by atoms with van der Waals surface area (Å²) < 4.78 is 14.9. The van der Waals surface area contributed by atoms with Crippen LogP contribution in [0.4, 0.5) is 20.9 Å². The van der Waals surface area contributed by atoms with Crippen molar-refractivity contribution >= 4 is 38.7 Å². The lowest BCUT2D eigenvalue weighted by Crippen LogP contribution is -2.47. The van der Waals surface area contributed by atoms with E-state index in [-0.39, 0.29) is 29.5 Å². The Bertz CT molecular complexity index is 1330. The molecule has 0 aliphatic carbocycles. The number of carbonyl (C=O) groups is 1. The number of carbonyl (C=O) groups excluding carboxylic acids is 1. The predicted molar refractivity (Wildman–Crippen MR) is 131 cm³/mol. The fourth-order valence-electron chi connectivity index (χ4n) is 3.95. The SMILES string of the molecule is O=C(CCN1CCN(c2nn3cc(-c4ccc(F)cc4)nc3s2)CC1)Nc1ccccc1[N+](=O)[O-]. The van der Waals surface area contributed by atoms with Crippen LogP contribution in [-0.4, -0.2) is 63.1 Å². The van der Waals surface area contributed by atoms with E-state index in [1.54, 1.807) is 28.8 Å². The molecule has 1 saturated heterocycles. The van der Waals surface area contributed by atoms with E-state index in [9.17, 15) is 19.3 Å². The number of rotatable bonds is 7. The van der Waals surface area contributed by atoms with Crippen LogP contribution in [0.1, 0.15) is 6.42 Å². The van der Waals surface area contributed by atoms with Gasteiger partial charge in [0.2, 0.25) is 16.0 Å². The van der Waals surface area contributed by atoms with Gasteiger partial charge in [-0.15, -0.1) is 5.10 Å². The van der Waals surface area contributed by atoms with Crippen molar-refractivity contribution in [2.24, 2.45) is 0 Å². The summed E-state index contributed by atoms with van der Waals surface area (Å²) in [6, 6.07) is 12.3. The Balaban J connectivity index is 1.13. The van der Waals surface area contributed by atoms with Crippen LogP contribution in [0.2, 0.25) is 0 Å². The van der Waals surface area contributed by atoms with Crippen molar-refractivity contribution in [1.29, 1.82) is 0 Å². The molecule has 5 rings (SSSR count). The number of nitrogens with zero attached hydrogens (tertiary/aromatic N) is 6. The Kier molecular flexibility index (Phi) is 6.38. The Labute approximate surface area is 203 Å². The number of halogens is 1. The summed E-state index contributed by atoms with van der Waals surface area (Å²) in [6.45, 7) is 3.67. The monoisotopic (exact) mass is 495 g/mol. The second kappa shape index (κ2) is 9.76. The predicted octanol–water partition coefficient (Wildman–Crippen LogP) is 3.66. The molecule has 0 saturated carbocycles. The molecule has 2 aromatic heterocycles. The molecule has 1 fully saturated rings. The minimum Gasteiger partial charge on any atom is -0.344 e. The molecule has 1 aliphatic heterocycles. The van der Waals surface area contributed by atoms with Crippen molar-refractivity contribution in [3.05, 3.63) is 70.7 Å². The number of amides is 1. The molecule has 0 bridgehead atoms. The molecule has 0 atom stereocenters. The summed E-state index contributed by atoms with van der Waals surface area (Å²) in [6.07, 6.45) is 2.10. The zero-order valence-electron chi connectivity index (χ0n) is 18.6. The molecule has 10 nitrogen and oxygen atoms in total. The summed E-state index contributed by atoms with van der Waals surface area (Å²) in [4.78, 5) is 32.7. The van der Waals surface area contributed by atoms with Gasteiger partial charge in [-0.3, -0.25) is 19.8 Å². The van der Waals surface area contributed by atoms with Gasteiger partial charge in [-0.1, -0.05) is 23.5 Å². The number of hydrogen-bond donors (Lipinski definition) is 1. The Morgan fingerprint density at radius 1 is 1.11 bits per heavy atom. The van der Waals surface area contributed by atoms with Crippen LogP contribution in [0.5, 0.6) is 0 Å². The number of fused-ring (bicyclic) bond motifs is 1. The average Bonchev–Trinajstić information content (AvgIpc) is 3.43. The van der Waals surface area contributed by atoms with Crippen LogP contribution in [0, 0.1) is 15.9 Å². The van der Waals surface area contributed by atoms with Crippen molar-refractivity contribution < 1.29 is 14.1 Å². The summed E-state index contributed by atoms with van der Waals surface area (Å²) in [7, 11) is 0. The van der Waals surface area contributed by atoms with Gasteiger partial charge in [-0.05, 0) is 30.3 Å². The molecule has 3 heterocycles. The van der Waals surface area contributed by atoms with Gasteiger partial charge >= 0.3 is 0 Å². The molecule has 1 N–H and O–H groups in total. The van der Waals surface area contributed by atoms with E-state index >= 15 is 0 Å². The number of nitrogens with one attached hydrogen (secondary N) is 1. The smallest absolute Gasteiger partial charge is 0.292 e. The quantitative estimate of drug-likeness (QED) is 0.308. The second-order valence-electron chi connectivity index (χ2n) is 8.15. The molecule has 1 aliphatic rings. The third-order valence-electron chi connectivity index (χ3n) is 5.85. The molecule has 2 aromatic carbocycles. The highest BCUT2D eigenvalue weighted by molar-refractivity contribution is 7.20. The summed E-state index contributed by atoms with van der Waals surface area (Å²) in [5.41, 5.74) is 1.68. The number of piperazine rings is 1. The second-order valence-corrected chi connectivity index (χ2v) is 9.08. The zero-order chi connectivity index (χ0) is 24.4. The lowest BCUT2D eigenvalue weighted by atomic mass is 10.2. The first-order chi connectivity index (χ1) is 17.0. The molecule has 0 radical (unpaired) electrons.